The summed E-state index contributed by atoms with van der Waals surface area (Å²) < 4.78 is 18.2. The zero-order valence-electron chi connectivity index (χ0n) is 9.97. The number of halogens is 1. The number of fused-ring (bicyclic) bond motifs is 1. The molecule has 4 heteroatoms. The van der Waals surface area contributed by atoms with E-state index in [1.165, 1.54) is 12.3 Å². The Hall–Kier alpha value is -2.49. The van der Waals surface area contributed by atoms with E-state index in [9.17, 15) is 9.18 Å². The Morgan fingerprint density at radius 3 is 2.84 bits per heavy atom. The molecule has 0 amide bonds. The molecule has 2 aromatic heterocycles. The van der Waals surface area contributed by atoms with Crippen LogP contribution in [0.4, 0.5) is 4.39 Å². The smallest absolute Gasteiger partial charge is 0.339 e. The van der Waals surface area contributed by atoms with Gasteiger partial charge in [-0.15, -0.1) is 0 Å². The summed E-state index contributed by atoms with van der Waals surface area (Å²) in [6.07, 6.45) is 1.71. The summed E-state index contributed by atoms with van der Waals surface area (Å²) in [5.74, 6) is -0.553. The van der Waals surface area contributed by atoms with Crippen LogP contribution in [-0.4, -0.2) is 4.98 Å². The minimum Gasteiger partial charge on any atom is -0.423 e. The van der Waals surface area contributed by atoms with E-state index in [0.29, 0.717) is 23.1 Å². The summed E-state index contributed by atoms with van der Waals surface area (Å²) in [6, 6.07) is 12.1. The van der Waals surface area contributed by atoms with E-state index in [-0.39, 0.29) is 0 Å². The molecule has 0 atom stereocenters. The zero-order valence-corrected chi connectivity index (χ0v) is 9.97. The number of benzene rings is 1. The summed E-state index contributed by atoms with van der Waals surface area (Å²) in [4.78, 5) is 15.3. The minimum absolute atomic E-state index is 0.326. The predicted molar refractivity (Wildman–Crippen MR) is 69.5 cm³/mol. The molecule has 19 heavy (non-hydrogen) atoms. The summed E-state index contributed by atoms with van der Waals surface area (Å²) in [5.41, 5.74) is 1.35. The lowest BCUT2D eigenvalue weighted by Crippen LogP contribution is -2.07. The first kappa shape index (κ1) is 11.6. The normalized spacial score (nSPS) is 10.8. The van der Waals surface area contributed by atoms with Gasteiger partial charge >= 0.3 is 5.63 Å². The highest BCUT2D eigenvalue weighted by Crippen LogP contribution is 2.15. The van der Waals surface area contributed by atoms with E-state index in [1.54, 1.807) is 18.2 Å². The van der Waals surface area contributed by atoms with Crippen LogP contribution in [0, 0.1) is 5.95 Å². The number of aromatic nitrogens is 1. The van der Waals surface area contributed by atoms with Crippen molar-refractivity contribution in [3.05, 3.63) is 76.2 Å². The van der Waals surface area contributed by atoms with Gasteiger partial charge in [0, 0.05) is 23.6 Å². The summed E-state index contributed by atoms with van der Waals surface area (Å²) in [6.45, 7) is 0. The Kier molecular flexibility index (Phi) is 2.83. The second kappa shape index (κ2) is 4.65. The Morgan fingerprint density at radius 2 is 2.00 bits per heavy atom. The van der Waals surface area contributed by atoms with E-state index in [1.807, 2.05) is 18.2 Å². The van der Waals surface area contributed by atoms with E-state index in [4.69, 9.17) is 4.42 Å². The highest BCUT2D eigenvalue weighted by Gasteiger charge is 2.06. The van der Waals surface area contributed by atoms with Crippen molar-refractivity contribution in [2.24, 2.45) is 0 Å². The van der Waals surface area contributed by atoms with Crippen molar-refractivity contribution in [2.75, 3.05) is 0 Å². The predicted octanol–water partition coefficient (Wildman–Crippen LogP) is 2.92. The first-order valence-corrected chi connectivity index (χ1v) is 5.84. The van der Waals surface area contributed by atoms with Crippen LogP contribution in [0.3, 0.4) is 0 Å². The molecule has 3 rings (SSSR count). The minimum atomic E-state index is -0.553. The second-order valence-electron chi connectivity index (χ2n) is 4.26. The third-order valence-corrected chi connectivity index (χ3v) is 2.90. The molecule has 0 aliphatic rings. The van der Waals surface area contributed by atoms with Crippen LogP contribution in [0.15, 0.2) is 57.9 Å². The molecule has 0 aliphatic carbocycles. The van der Waals surface area contributed by atoms with Gasteiger partial charge in [-0.2, -0.15) is 4.39 Å². The molecule has 1 aromatic carbocycles. The maximum atomic E-state index is 13.0. The zero-order chi connectivity index (χ0) is 13.2. The average Bonchev–Trinajstić information content (AvgIpc) is 2.40. The molecule has 3 nitrogen and oxygen atoms in total. The first-order valence-electron chi connectivity index (χ1n) is 5.84. The van der Waals surface area contributed by atoms with Crippen LogP contribution in [-0.2, 0) is 6.42 Å². The Bertz CT molecular complexity index is 795. The van der Waals surface area contributed by atoms with Crippen LogP contribution < -0.4 is 5.63 Å². The van der Waals surface area contributed by atoms with Crippen molar-refractivity contribution < 1.29 is 8.81 Å². The van der Waals surface area contributed by atoms with E-state index < -0.39 is 11.6 Å². The van der Waals surface area contributed by atoms with E-state index in [0.717, 1.165) is 5.39 Å². The largest absolute Gasteiger partial charge is 0.423 e. The molecular weight excluding hydrogens is 245 g/mol. The second-order valence-corrected chi connectivity index (χ2v) is 4.26. The van der Waals surface area contributed by atoms with Gasteiger partial charge in [-0.05, 0) is 29.8 Å². The molecule has 0 aliphatic heterocycles. The van der Waals surface area contributed by atoms with Crippen LogP contribution in [0.1, 0.15) is 11.1 Å². The van der Waals surface area contributed by atoms with Gasteiger partial charge in [-0.25, -0.2) is 9.78 Å². The molecule has 0 saturated carbocycles. The molecule has 0 bridgehead atoms. The van der Waals surface area contributed by atoms with Gasteiger partial charge in [-0.3, -0.25) is 0 Å². The summed E-state index contributed by atoms with van der Waals surface area (Å²) in [5, 5.41) is 0.853. The van der Waals surface area contributed by atoms with Crippen molar-refractivity contribution in [1.82, 2.24) is 4.98 Å². The highest BCUT2D eigenvalue weighted by atomic mass is 19.1. The Balaban J connectivity index is 2.05. The van der Waals surface area contributed by atoms with Gasteiger partial charge in [0.1, 0.15) is 5.58 Å². The SMILES string of the molecule is O=c1oc2ccccc2cc1Cc1ccnc(F)c1. The molecule has 3 aromatic rings. The quantitative estimate of drug-likeness (QED) is 0.522. The van der Waals surface area contributed by atoms with Crippen LogP contribution in [0.2, 0.25) is 0 Å². The van der Waals surface area contributed by atoms with Crippen molar-refractivity contribution in [1.29, 1.82) is 0 Å². The van der Waals surface area contributed by atoms with Gasteiger partial charge in [0.15, 0.2) is 0 Å². The number of nitrogens with zero attached hydrogens (tertiary/aromatic N) is 1. The van der Waals surface area contributed by atoms with Gasteiger partial charge in [-0.1, -0.05) is 18.2 Å². The monoisotopic (exact) mass is 255 g/mol. The molecule has 2 heterocycles. The van der Waals surface area contributed by atoms with Gasteiger partial charge < -0.3 is 4.42 Å². The maximum Gasteiger partial charge on any atom is 0.339 e. The number of hydrogen-bond donors (Lipinski definition) is 0. The Morgan fingerprint density at radius 1 is 1.16 bits per heavy atom. The number of rotatable bonds is 2. The lowest BCUT2D eigenvalue weighted by atomic mass is 10.1. The van der Waals surface area contributed by atoms with Crippen molar-refractivity contribution >= 4 is 11.0 Å². The molecule has 0 N–H and O–H groups in total. The van der Waals surface area contributed by atoms with Crippen LogP contribution in [0.25, 0.3) is 11.0 Å². The standard InChI is InChI=1S/C15H10FNO2/c16-14-8-10(5-6-17-14)7-12-9-11-3-1-2-4-13(11)19-15(12)18/h1-6,8-9H,7H2. The van der Waals surface area contributed by atoms with Crippen LogP contribution >= 0.6 is 0 Å². The molecule has 0 saturated heterocycles. The van der Waals surface area contributed by atoms with Crippen molar-refractivity contribution in [3.63, 3.8) is 0 Å². The number of hydrogen-bond acceptors (Lipinski definition) is 3. The third-order valence-electron chi connectivity index (χ3n) is 2.90. The van der Waals surface area contributed by atoms with Gasteiger partial charge in [0.2, 0.25) is 5.95 Å². The fourth-order valence-corrected chi connectivity index (χ4v) is 2.00. The third kappa shape index (κ3) is 2.38. The lowest BCUT2D eigenvalue weighted by molar-refractivity contribution is 0.551. The topological polar surface area (TPSA) is 43.1 Å². The molecule has 0 unspecified atom stereocenters. The van der Waals surface area contributed by atoms with E-state index in [2.05, 4.69) is 4.98 Å². The number of pyridine rings is 1. The fourth-order valence-electron chi connectivity index (χ4n) is 2.00. The first-order chi connectivity index (χ1) is 9.22. The van der Waals surface area contributed by atoms with Gasteiger partial charge in [0.25, 0.3) is 0 Å². The molecule has 0 radical (unpaired) electrons. The van der Waals surface area contributed by atoms with E-state index >= 15 is 0 Å². The summed E-state index contributed by atoms with van der Waals surface area (Å²) >= 11 is 0. The van der Waals surface area contributed by atoms with Crippen LogP contribution in [0.5, 0.6) is 0 Å². The van der Waals surface area contributed by atoms with Gasteiger partial charge in [0.05, 0.1) is 0 Å². The molecule has 94 valence electrons. The average molecular weight is 255 g/mol. The molecular formula is C15H10FNO2. The lowest BCUT2D eigenvalue weighted by Gasteiger charge is -2.02. The highest BCUT2D eigenvalue weighted by molar-refractivity contribution is 5.76. The maximum absolute atomic E-state index is 13.0. The van der Waals surface area contributed by atoms with Crippen molar-refractivity contribution in [2.45, 2.75) is 6.42 Å². The molecule has 0 spiro atoms. The summed E-state index contributed by atoms with van der Waals surface area (Å²) in [7, 11) is 0. The van der Waals surface area contributed by atoms with Crippen molar-refractivity contribution in [3.8, 4) is 0 Å². The number of para-hydroxylation sites is 1. The Labute approximate surface area is 108 Å². The fraction of sp³-hybridized carbons (Fsp3) is 0.0667. The molecule has 0 fully saturated rings.